The summed E-state index contributed by atoms with van der Waals surface area (Å²) in [6.45, 7) is 0.616. The molecule has 0 saturated heterocycles. The van der Waals surface area contributed by atoms with Crippen molar-refractivity contribution in [3.8, 4) is 34.5 Å². The van der Waals surface area contributed by atoms with Crippen LogP contribution >= 0.6 is 0 Å². The number of carbonyl (C=O) groups is 1. The fourth-order valence-electron chi connectivity index (χ4n) is 2.54. The Labute approximate surface area is 244 Å². The molecule has 3 rings (SSSR count). The van der Waals surface area contributed by atoms with Crippen LogP contribution in [0.2, 0.25) is 0 Å². The predicted octanol–water partition coefficient (Wildman–Crippen LogP) is 6.12. The molecule has 41 heavy (non-hydrogen) atoms. The number of aromatic hydroxyl groups is 2. The average Bonchev–Trinajstić information content (AvgIpc) is 2.93. The molecule has 0 atom stereocenters. The summed E-state index contributed by atoms with van der Waals surface area (Å²) in [4.78, 5) is 10.9. The zero-order chi connectivity index (χ0) is 28.0. The third kappa shape index (κ3) is 18.0. The number of hydrogen-bond donors (Lipinski definition) is 2. The van der Waals surface area contributed by atoms with Crippen LogP contribution in [0.4, 0.5) is 0 Å². The Morgan fingerprint density at radius 3 is 1.27 bits per heavy atom. The van der Waals surface area contributed by atoms with E-state index in [0.29, 0.717) is 34.8 Å². The average molecular weight is 583 g/mol. The molecule has 0 aromatic heterocycles. The maximum Gasteiger partial charge on any atom is 0.188 e. The second kappa shape index (κ2) is 26.2. The van der Waals surface area contributed by atoms with Crippen LogP contribution in [0.1, 0.15) is 32.6 Å². The topological polar surface area (TPSA) is 131 Å². The van der Waals surface area contributed by atoms with Gasteiger partial charge in [-0.05, 0) is 36.4 Å². The van der Waals surface area contributed by atoms with E-state index in [0.717, 1.165) is 0 Å². The van der Waals surface area contributed by atoms with Gasteiger partial charge in [0.1, 0.15) is 34.5 Å². The summed E-state index contributed by atoms with van der Waals surface area (Å²) >= 11 is 0. The van der Waals surface area contributed by atoms with Gasteiger partial charge in [0.05, 0.1) is 5.56 Å². The zero-order valence-corrected chi connectivity index (χ0v) is 21.8. The number of benzene rings is 3. The van der Waals surface area contributed by atoms with Gasteiger partial charge in [0.15, 0.2) is 33.5 Å². The van der Waals surface area contributed by atoms with Gasteiger partial charge in [0.2, 0.25) is 0 Å². The highest BCUT2D eigenvalue weighted by Gasteiger charge is 2.09. The van der Waals surface area contributed by atoms with Gasteiger partial charge in [-0.1, -0.05) is 40.5 Å². The minimum atomic E-state index is 0. The second-order valence-electron chi connectivity index (χ2n) is 6.98. The lowest BCUT2D eigenvalue weighted by molar-refractivity contribution is 0.0448. The molecular formula is C30H46O11. The molecule has 11 heteroatoms. The van der Waals surface area contributed by atoms with Crippen LogP contribution in [0.3, 0.4) is 0 Å². The van der Waals surface area contributed by atoms with Gasteiger partial charge in [0.25, 0.3) is 0 Å². The standard InChI is InChI=1S/C11H14O5.C10H14O4.C6H6O2.3CH4/c1-13-7-15-10-4-3-5-11(9(10)6-12)16-8-14-2;1-11-7-13-9-4-3-5-10(6-9)14-8-12-2;7-5-2-1-3-6(8)4-5;;;/h3-6H,7-8H2,1-2H3;3-6H,7-8H2,1-2H3;1-4,7-8H;3*1H4. The first kappa shape index (κ1) is 41.5. The van der Waals surface area contributed by atoms with Crippen LogP contribution in [-0.4, -0.2) is 72.1 Å². The Morgan fingerprint density at radius 1 is 0.561 bits per heavy atom. The van der Waals surface area contributed by atoms with Crippen LogP contribution in [0, 0.1) is 0 Å². The van der Waals surface area contributed by atoms with E-state index < -0.39 is 0 Å². The third-order valence-corrected chi connectivity index (χ3v) is 4.13. The minimum Gasteiger partial charge on any atom is -0.508 e. The summed E-state index contributed by atoms with van der Waals surface area (Å²) in [5.41, 5.74) is 0.344. The van der Waals surface area contributed by atoms with Crippen LogP contribution in [0.25, 0.3) is 0 Å². The normalized spacial score (nSPS) is 8.98. The third-order valence-electron chi connectivity index (χ3n) is 4.13. The maximum absolute atomic E-state index is 10.9. The van der Waals surface area contributed by atoms with Crippen molar-refractivity contribution < 1.29 is 52.9 Å². The van der Waals surface area contributed by atoms with E-state index in [-0.39, 0.29) is 61.0 Å². The summed E-state index contributed by atoms with van der Waals surface area (Å²) in [7, 11) is 6.16. The van der Waals surface area contributed by atoms with E-state index in [1.54, 1.807) is 44.6 Å². The monoisotopic (exact) mass is 582 g/mol. The number of carbonyl (C=O) groups excluding carboxylic acids is 1. The summed E-state index contributed by atoms with van der Waals surface area (Å²) < 4.78 is 40.0. The molecule has 0 radical (unpaired) electrons. The van der Waals surface area contributed by atoms with Gasteiger partial charge in [-0.15, -0.1) is 0 Å². The molecule has 0 bridgehead atoms. The van der Waals surface area contributed by atoms with E-state index >= 15 is 0 Å². The predicted molar refractivity (Wildman–Crippen MR) is 158 cm³/mol. The van der Waals surface area contributed by atoms with Crippen molar-refractivity contribution in [2.45, 2.75) is 22.3 Å². The Balaban J connectivity index is -0.000000532. The maximum atomic E-state index is 10.9. The molecule has 0 aliphatic rings. The Bertz CT molecular complexity index is 978. The van der Waals surface area contributed by atoms with Crippen molar-refractivity contribution in [1.29, 1.82) is 0 Å². The Hall–Kier alpha value is -4.03. The number of rotatable bonds is 13. The highest BCUT2D eigenvalue weighted by atomic mass is 16.7. The van der Waals surface area contributed by atoms with E-state index in [2.05, 4.69) is 0 Å². The van der Waals surface area contributed by atoms with E-state index in [4.69, 9.17) is 48.1 Å². The number of hydrogen-bond acceptors (Lipinski definition) is 11. The Kier molecular flexibility index (Phi) is 26.5. The van der Waals surface area contributed by atoms with Gasteiger partial charge in [0, 0.05) is 40.6 Å². The number of aldehydes is 1. The largest absolute Gasteiger partial charge is 0.508 e. The first-order valence-electron chi connectivity index (χ1n) is 11.1. The van der Waals surface area contributed by atoms with Gasteiger partial charge >= 0.3 is 0 Å². The summed E-state index contributed by atoms with van der Waals surface area (Å²) in [6.07, 6.45) is 0.677. The molecule has 0 unspecified atom stereocenters. The summed E-state index contributed by atoms with van der Waals surface area (Å²) in [5, 5.41) is 17.3. The molecule has 11 nitrogen and oxygen atoms in total. The molecule has 0 aliphatic carbocycles. The molecule has 3 aromatic carbocycles. The molecule has 0 fully saturated rings. The molecule has 2 N–H and O–H groups in total. The number of phenols is 2. The van der Waals surface area contributed by atoms with Crippen molar-refractivity contribution >= 4 is 6.29 Å². The number of phenolic OH excluding ortho intramolecular Hbond substituents is 2. The second-order valence-corrected chi connectivity index (χ2v) is 6.98. The molecule has 0 spiro atoms. The molecular weight excluding hydrogens is 536 g/mol. The molecule has 3 aromatic rings. The zero-order valence-electron chi connectivity index (χ0n) is 21.8. The summed E-state index contributed by atoms with van der Waals surface area (Å²) in [5.74, 6) is 2.44. The molecule has 0 heterocycles. The lowest BCUT2D eigenvalue weighted by Crippen LogP contribution is -2.05. The van der Waals surface area contributed by atoms with Crippen LogP contribution in [0.5, 0.6) is 34.5 Å². The van der Waals surface area contributed by atoms with Gasteiger partial charge in [-0.25, -0.2) is 0 Å². The summed E-state index contributed by atoms with van der Waals surface area (Å²) in [6, 6.07) is 18.2. The molecule has 0 amide bonds. The molecule has 0 aliphatic heterocycles. The fraction of sp³-hybridized carbons (Fsp3) is 0.367. The fourth-order valence-corrected chi connectivity index (χ4v) is 2.54. The first-order valence-corrected chi connectivity index (χ1v) is 11.1. The van der Waals surface area contributed by atoms with E-state index in [1.807, 2.05) is 18.2 Å². The quantitative estimate of drug-likeness (QED) is 0.178. The van der Waals surface area contributed by atoms with E-state index in [1.165, 1.54) is 32.4 Å². The lowest BCUT2D eigenvalue weighted by atomic mass is 10.2. The number of methoxy groups -OCH3 is 4. The highest BCUT2D eigenvalue weighted by Crippen LogP contribution is 2.26. The molecule has 0 saturated carbocycles. The van der Waals surface area contributed by atoms with Gasteiger partial charge < -0.3 is 48.1 Å². The number of ether oxygens (including phenoxy) is 8. The smallest absolute Gasteiger partial charge is 0.188 e. The lowest BCUT2D eigenvalue weighted by Gasteiger charge is -2.11. The SMILES string of the molecule is C.C.C.COCOc1cccc(OCOC)c1.COCOc1cccc(OCOC)c1C=O.Oc1cccc(O)c1. The Morgan fingerprint density at radius 2 is 0.927 bits per heavy atom. The van der Waals surface area contributed by atoms with Crippen LogP contribution < -0.4 is 18.9 Å². The van der Waals surface area contributed by atoms with Crippen molar-refractivity contribution in [2.75, 3.05) is 55.6 Å². The van der Waals surface area contributed by atoms with Crippen molar-refractivity contribution in [2.24, 2.45) is 0 Å². The van der Waals surface area contributed by atoms with Crippen molar-refractivity contribution in [3.05, 3.63) is 72.3 Å². The van der Waals surface area contributed by atoms with Gasteiger partial charge in [-0.2, -0.15) is 0 Å². The highest BCUT2D eigenvalue weighted by molar-refractivity contribution is 5.83. The van der Waals surface area contributed by atoms with Crippen LogP contribution in [-0.2, 0) is 18.9 Å². The van der Waals surface area contributed by atoms with Gasteiger partial charge in [-0.3, -0.25) is 4.79 Å². The van der Waals surface area contributed by atoms with Crippen molar-refractivity contribution in [3.63, 3.8) is 0 Å². The minimum absolute atomic E-state index is 0. The van der Waals surface area contributed by atoms with Crippen LogP contribution in [0.15, 0.2) is 66.7 Å². The van der Waals surface area contributed by atoms with Crippen molar-refractivity contribution in [1.82, 2.24) is 0 Å². The molecule has 232 valence electrons. The first-order chi connectivity index (χ1) is 18.5. The van der Waals surface area contributed by atoms with E-state index in [9.17, 15) is 4.79 Å².